The van der Waals surface area contributed by atoms with Gasteiger partial charge < -0.3 is 9.88 Å². The number of hydrogen-bond donors (Lipinski definition) is 1. The molecule has 1 N–H and O–H groups in total. The topological polar surface area (TPSA) is 17.0 Å². The van der Waals surface area contributed by atoms with Gasteiger partial charge in [0.15, 0.2) is 0 Å². The third-order valence-corrected chi connectivity index (χ3v) is 11.5. The fourth-order valence-corrected chi connectivity index (χ4v) is 8.83. The number of rotatable bonds is 8. The SMILES string of the molecule is CC(C)=C/C=C(\NC(C)c1cccc(-n2c3ccccc3c3cc(-c4cccc5c4sc4ccccc45)ccc32)c1)c1ccc(-c2ccccc2)cc1. The first-order valence-corrected chi connectivity index (χ1v) is 19.2. The van der Waals surface area contributed by atoms with Crippen LogP contribution in [0.15, 0.2) is 182 Å². The Hall–Kier alpha value is -6.16. The van der Waals surface area contributed by atoms with Gasteiger partial charge in [0.1, 0.15) is 0 Å². The van der Waals surface area contributed by atoms with Crippen molar-refractivity contribution in [3.63, 3.8) is 0 Å². The van der Waals surface area contributed by atoms with E-state index in [9.17, 15) is 0 Å². The molecule has 2 aromatic heterocycles. The van der Waals surface area contributed by atoms with Gasteiger partial charge in [-0.05, 0) is 96.6 Å². The van der Waals surface area contributed by atoms with Crippen LogP contribution in [0.3, 0.4) is 0 Å². The maximum Gasteiger partial charge on any atom is 0.0541 e. The van der Waals surface area contributed by atoms with Gasteiger partial charge in [0.25, 0.3) is 0 Å². The Morgan fingerprint density at radius 2 is 1.25 bits per heavy atom. The lowest BCUT2D eigenvalue weighted by Gasteiger charge is -2.20. The quantitative estimate of drug-likeness (QED) is 0.156. The summed E-state index contributed by atoms with van der Waals surface area (Å²) in [6, 6.07) is 59.8. The van der Waals surface area contributed by atoms with Crippen molar-refractivity contribution in [3.8, 4) is 27.9 Å². The fraction of sp³-hybridized carbons (Fsp3) is 0.0800. The first-order chi connectivity index (χ1) is 26.0. The van der Waals surface area contributed by atoms with Crippen molar-refractivity contribution >= 4 is 59.0 Å². The second-order valence-corrected chi connectivity index (χ2v) is 15.1. The third-order valence-electron chi connectivity index (χ3n) is 10.3. The lowest BCUT2D eigenvalue weighted by molar-refractivity contribution is 0.700. The zero-order valence-corrected chi connectivity index (χ0v) is 31.0. The van der Waals surface area contributed by atoms with Crippen molar-refractivity contribution in [1.29, 1.82) is 0 Å². The summed E-state index contributed by atoms with van der Waals surface area (Å²) >= 11 is 1.89. The van der Waals surface area contributed by atoms with Crippen LogP contribution in [0.5, 0.6) is 0 Å². The Morgan fingerprint density at radius 1 is 0.566 bits per heavy atom. The molecular formula is C50H40N2S. The Balaban J connectivity index is 1.08. The average molecular weight is 701 g/mol. The van der Waals surface area contributed by atoms with Crippen molar-refractivity contribution in [2.24, 2.45) is 0 Å². The molecule has 2 heterocycles. The Kier molecular flexibility index (Phi) is 8.50. The minimum atomic E-state index is 0.0713. The van der Waals surface area contributed by atoms with Gasteiger partial charge in [0.2, 0.25) is 0 Å². The Labute approximate surface area is 315 Å². The molecule has 0 saturated carbocycles. The number of allylic oxidation sites excluding steroid dienone is 3. The normalized spacial score (nSPS) is 12.5. The maximum atomic E-state index is 3.87. The molecule has 0 spiro atoms. The number of nitrogens with zero attached hydrogens (tertiary/aromatic N) is 1. The second kappa shape index (κ2) is 13.8. The van der Waals surface area contributed by atoms with Crippen LogP contribution in [0.2, 0.25) is 0 Å². The summed E-state index contributed by atoms with van der Waals surface area (Å²) in [5, 5.41) is 9.05. The molecule has 3 heteroatoms. The molecular weight excluding hydrogens is 661 g/mol. The van der Waals surface area contributed by atoms with Crippen molar-refractivity contribution in [2.75, 3.05) is 0 Å². The molecule has 256 valence electrons. The molecule has 0 radical (unpaired) electrons. The van der Waals surface area contributed by atoms with E-state index < -0.39 is 0 Å². The van der Waals surface area contributed by atoms with E-state index in [1.165, 1.54) is 75.4 Å². The van der Waals surface area contributed by atoms with Crippen molar-refractivity contribution in [2.45, 2.75) is 26.8 Å². The number of aromatic nitrogens is 1. The van der Waals surface area contributed by atoms with Gasteiger partial charge >= 0.3 is 0 Å². The van der Waals surface area contributed by atoms with Crippen LogP contribution in [0.1, 0.15) is 37.9 Å². The van der Waals surface area contributed by atoms with E-state index >= 15 is 0 Å². The van der Waals surface area contributed by atoms with Gasteiger partial charge in [-0.1, -0.05) is 139 Å². The van der Waals surface area contributed by atoms with Crippen LogP contribution < -0.4 is 5.32 Å². The van der Waals surface area contributed by atoms with Crippen molar-refractivity contribution in [1.82, 2.24) is 9.88 Å². The van der Waals surface area contributed by atoms with Crippen molar-refractivity contribution < 1.29 is 0 Å². The summed E-state index contributed by atoms with van der Waals surface area (Å²) in [7, 11) is 0. The van der Waals surface area contributed by atoms with Gasteiger partial charge in [-0.3, -0.25) is 0 Å². The minimum Gasteiger partial charge on any atom is -0.378 e. The summed E-state index contributed by atoms with van der Waals surface area (Å²) in [4.78, 5) is 0. The lowest BCUT2D eigenvalue weighted by atomic mass is 10.0. The second-order valence-electron chi connectivity index (χ2n) is 14.1. The number of para-hydroxylation sites is 1. The van der Waals surface area contributed by atoms with Gasteiger partial charge in [0.05, 0.1) is 11.0 Å². The van der Waals surface area contributed by atoms with Gasteiger partial charge in [-0.15, -0.1) is 11.3 Å². The summed E-state index contributed by atoms with van der Waals surface area (Å²) in [5.41, 5.74) is 13.3. The van der Waals surface area contributed by atoms with Crippen LogP contribution in [-0.4, -0.2) is 4.57 Å². The number of hydrogen-bond acceptors (Lipinski definition) is 2. The maximum absolute atomic E-state index is 3.87. The monoisotopic (exact) mass is 700 g/mol. The number of benzene rings is 7. The summed E-state index contributed by atoms with van der Waals surface area (Å²) in [5.74, 6) is 0. The van der Waals surface area contributed by atoms with Crippen LogP contribution >= 0.6 is 11.3 Å². The molecule has 0 saturated heterocycles. The molecule has 1 atom stereocenters. The van der Waals surface area contributed by atoms with E-state index in [1.807, 2.05) is 11.3 Å². The molecule has 0 aliphatic carbocycles. The van der Waals surface area contributed by atoms with E-state index in [-0.39, 0.29) is 6.04 Å². The van der Waals surface area contributed by atoms with Crippen LogP contribution in [-0.2, 0) is 0 Å². The summed E-state index contributed by atoms with van der Waals surface area (Å²) in [6.45, 7) is 6.53. The van der Waals surface area contributed by atoms with Crippen LogP contribution in [0.25, 0.3) is 75.6 Å². The standard InChI is InChI=1S/C50H40N2S/c1-33(2)23-29-46(37-26-24-36(25-27-37)35-13-5-4-6-14-35)51-34(3)38-15-11-16-40(31-38)52-47-21-9-7-17-42(47)45-32-39(28-30-48(45)52)41-19-12-20-44-43-18-8-10-22-49(43)53-50(41)44/h4-32,34,51H,1-3H3/b46-29-. The average Bonchev–Trinajstić information content (AvgIpc) is 3.75. The highest BCUT2D eigenvalue weighted by molar-refractivity contribution is 7.26. The smallest absolute Gasteiger partial charge is 0.0541 e. The molecule has 0 amide bonds. The molecule has 0 fully saturated rings. The minimum absolute atomic E-state index is 0.0713. The zero-order valence-electron chi connectivity index (χ0n) is 30.2. The third kappa shape index (κ3) is 6.13. The fourth-order valence-electron chi connectivity index (χ4n) is 7.59. The number of nitrogens with one attached hydrogen (secondary N) is 1. The molecule has 7 aromatic carbocycles. The predicted molar refractivity (Wildman–Crippen MR) is 230 cm³/mol. The van der Waals surface area contributed by atoms with Crippen LogP contribution in [0, 0.1) is 0 Å². The highest BCUT2D eigenvalue weighted by Crippen LogP contribution is 2.42. The largest absolute Gasteiger partial charge is 0.378 e. The lowest BCUT2D eigenvalue weighted by Crippen LogP contribution is -2.17. The molecule has 9 rings (SSSR count). The Bertz CT molecular complexity index is 2830. The molecule has 9 aromatic rings. The zero-order chi connectivity index (χ0) is 35.9. The molecule has 2 nitrogen and oxygen atoms in total. The first-order valence-electron chi connectivity index (χ1n) is 18.3. The first kappa shape index (κ1) is 32.7. The summed E-state index contributed by atoms with van der Waals surface area (Å²) < 4.78 is 5.10. The van der Waals surface area contributed by atoms with E-state index in [4.69, 9.17) is 0 Å². The van der Waals surface area contributed by atoms with E-state index in [2.05, 4.69) is 207 Å². The predicted octanol–water partition coefficient (Wildman–Crippen LogP) is 14.1. The van der Waals surface area contributed by atoms with Gasteiger partial charge in [-0.25, -0.2) is 0 Å². The Morgan fingerprint density at radius 3 is 2.08 bits per heavy atom. The highest BCUT2D eigenvalue weighted by atomic mass is 32.1. The highest BCUT2D eigenvalue weighted by Gasteiger charge is 2.17. The number of thiophene rings is 1. The van der Waals surface area contributed by atoms with Gasteiger partial charge in [-0.2, -0.15) is 0 Å². The number of fused-ring (bicyclic) bond motifs is 6. The molecule has 1 unspecified atom stereocenters. The van der Waals surface area contributed by atoms with Crippen molar-refractivity contribution in [3.05, 3.63) is 193 Å². The molecule has 0 bridgehead atoms. The molecule has 0 aliphatic heterocycles. The molecule has 53 heavy (non-hydrogen) atoms. The van der Waals surface area contributed by atoms with E-state index in [0.717, 1.165) is 16.9 Å². The molecule has 0 aliphatic rings. The summed E-state index contributed by atoms with van der Waals surface area (Å²) in [6.07, 6.45) is 4.39. The van der Waals surface area contributed by atoms with E-state index in [1.54, 1.807) is 0 Å². The van der Waals surface area contributed by atoms with Gasteiger partial charge in [0, 0.05) is 48.4 Å². The van der Waals surface area contributed by atoms with E-state index in [0.29, 0.717) is 0 Å². The van der Waals surface area contributed by atoms with Crippen LogP contribution in [0.4, 0.5) is 0 Å².